The maximum atomic E-state index is 13.7. The van der Waals surface area contributed by atoms with E-state index in [2.05, 4.69) is 11.4 Å². The molecule has 0 saturated carbocycles. The van der Waals surface area contributed by atoms with E-state index < -0.39 is 5.91 Å². The molecule has 1 aliphatic rings. The van der Waals surface area contributed by atoms with Crippen LogP contribution in [0.25, 0.3) is 5.57 Å². The predicted octanol–water partition coefficient (Wildman–Crippen LogP) is 5.80. The molecule has 0 saturated heterocycles. The number of rotatable bonds is 7. The lowest BCUT2D eigenvalue weighted by Crippen LogP contribution is -2.32. The van der Waals surface area contributed by atoms with Gasteiger partial charge in [-0.3, -0.25) is 9.59 Å². The number of benzene rings is 3. The zero-order valence-electron chi connectivity index (χ0n) is 19.4. The average Bonchev–Trinajstić information content (AvgIpc) is 3.02. The number of nitrogens with zero attached hydrogens (tertiary/aromatic N) is 1. The average molecular weight is 441 g/mol. The van der Waals surface area contributed by atoms with Gasteiger partial charge in [0.25, 0.3) is 11.8 Å². The normalized spacial score (nSPS) is 13.6. The molecule has 0 unspecified atom stereocenters. The summed E-state index contributed by atoms with van der Waals surface area (Å²) >= 11 is 0. The quantitative estimate of drug-likeness (QED) is 0.472. The van der Waals surface area contributed by atoms with Crippen molar-refractivity contribution in [2.24, 2.45) is 0 Å². The summed E-state index contributed by atoms with van der Waals surface area (Å²) in [5.74, 6) is -0.262. The Morgan fingerprint density at radius 2 is 1.48 bits per heavy atom. The molecule has 0 fully saturated rings. The fourth-order valence-electron chi connectivity index (χ4n) is 4.02. The van der Waals surface area contributed by atoms with Gasteiger partial charge in [0, 0.05) is 5.69 Å². The summed E-state index contributed by atoms with van der Waals surface area (Å²) in [6.45, 7) is 8.50. The maximum Gasteiger partial charge on any atom is 0.282 e. The third-order valence-corrected chi connectivity index (χ3v) is 5.48. The first-order valence-electron chi connectivity index (χ1n) is 11.2. The molecule has 1 aliphatic heterocycles. The van der Waals surface area contributed by atoms with E-state index in [1.165, 1.54) is 4.90 Å². The lowest BCUT2D eigenvalue weighted by atomic mass is 10.0. The van der Waals surface area contributed by atoms with Crippen LogP contribution in [0.2, 0.25) is 0 Å². The number of nitrogens with one attached hydrogen (secondary N) is 1. The molecule has 0 aromatic heterocycles. The molecule has 3 aromatic rings. The number of hydrogen-bond donors (Lipinski definition) is 1. The molecule has 0 radical (unpaired) electrons. The molecule has 0 aliphatic carbocycles. The van der Waals surface area contributed by atoms with Gasteiger partial charge in [-0.15, -0.1) is 0 Å². The van der Waals surface area contributed by atoms with Gasteiger partial charge in [0.05, 0.1) is 17.9 Å². The van der Waals surface area contributed by atoms with Gasteiger partial charge in [-0.05, 0) is 68.1 Å². The van der Waals surface area contributed by atoms with Crippen LogP contribution in [-0.2, 0) is 9.59 Å². The van der Waals surface area contributed by atoms with Crippen molar-refractivity contribution < 1.29 is 14.3 Å². The Balaban J connectivity index is 1.82. The molecule has 0 bridgehead atoms. The van der Waals surface area contributed by atoms with E-state index in [9.17, 15) is 9.59 Å². The summed E-state index contributed by atoms with van der Waals surface area (Å²) in [5.41, 5.74) is 5.75. The van der Waals surface area contributed by atoms with Crippen LogP contribution < -0.4 is 15.0 Å². The number of para-hydroxylation sites is 2. The number of carbonyl (C=O) groups is 2. The van der Waals surface area contributed by atoms with Crippen molar-refractivity contribution in [1.82, 2.24) is 0 Å². The molecular formula is C28H28N2O3. The molecule has 4 rings (SSSR count). The number of ether oxygens (including phenoxy) is 1. The van der Waals surface area contributed by atoms with Crippen LogP contribution in [0.1, 0.15) is 35.6 Å². The molecule has 5 nitrogen and oxygen atoms in total. The Kier molecular flexibility index (Phi) is 6.31. The zero-order valence-corrected chi connectivity index (χ0v) is 19.4. The highest BCUT2D eigenvalue weighted by Crippen LogP contribution is 2.38. The highest BCUT2D eigenvalue weighted by atomic mass is 16.5. The Hall–Kier alpha value is -3.86. The van der Waals surface area contributed by atoms with E-state index >= 15 is 0 Å². The third-order valence-electron chi connectivity index (χ3n) is 5.48. The Morgan fingerprint density at radius 3 is 2.15 bits per heavy atom. The number of amides is 2. The van der Waals surface area contributed by atoms with E-state index in [1.54, 1.807) is 18.2 Å². The SMILES string of the molecule is CCCOc1ccccc1N1C(=O)C(Nc2cc(C)cc(C)c2)=C(c2ccc(C)cc2)C1=O. The number of imide groups is 1. The molecule has 1 heterocycles. The second-order valence-electron chi connectivity index (χ2n) is 8.38. The van der Waals surface area contributed by atoms with E-state index in [4.69, 9.17) is 4.74 Å². The van der Waals surface area contributed by atoms with Gasteiger partial charge in [-0.25, -0.2) is 4.90 Å². The number of carbonyl (C=O) groups excluding carboxylic acids is 2. The summed E-state index contributed by atoms with van der Waals surface area (Å²) in [6, 6.07) is 20.8. The van der Waals surface area contributed by atoms with Crippen molar-refractivity contribution >= 4 is 28.8 Å². The Morgan fingerprint density at radius 1 is 0.818 bits per heavy atom. The van der Waals surface area contributed by atoms with Crippen molar-refractivity contribution in [2.45, 2.75) is 34.1 Å². The van der Waals surface area contributed by atoms with Gasteiger partial charge >= 0.3 is 0 Å². The maximum absolute atomic E-state index is 13.7. The van der Waals surface area contributed by atoms with Crippen molar-refractivity contribution in [3.8, 4) is 5.75 Å². The van der Waals surface area contributed by atoms with Crippen molar-refractivity contribution in [3.63, 3.8) is 0 Å². The molecule has 0 spiro atoms. The van der Waals surface area contributed by atoms with Crippen molar-refractivity contribution in [1.29, 1.82) is 0 Å². The van der Waals surface area contributed by atoms with Crippen molar-refractivity contribution in [2.75, 3.05) is 16.8 Å². The lowest BCUT2D eigenvalue weighted by molar-refractivity contribution is -0.120. The van der Waals surface area contributed by atoms with Gasteiger partial charge in [0.2, 0.25) is 0 Å². The molecule has 5 heteroatoms. The van der Waals surface area contributed by atoms with Crippen LogP contribution in [-0.4, -0.2) is 18.4 Å². The first kappa shape index (κ1) is 22.3. The van der Waals surface area contributed by atoms with Crippen LogP contribution in [0.4, 0.5) is 11.4 Å². The van der Waals surface area contributed by atoms with E-state index in [1.807, 2.05) is 70.2 Å². The minimum absolute atomic E-state index is 0.263. The van der Waals surface area contributed by atoms with E-state index in [-0.39, 0.29) is 11.6 Å². The number of anilines is 2. The van der Waals surface area contributed by atoms with Crippen LogP contribution >= 0.6 is 0 Å². The highest BCUT2D eigenvalue weighted by Gasteiger charge is 2.41. The minimum atomic E-state index is -0.401. The first-order chi connectivity index (χ1) is 15.9. The fourth-order valence-corrected chi connectivity index (χ4v) is 4.02. The van der Waals surface area contributed by atoms with Gasteiger partial charge in [0.1, 0.15) is 11.4 Å². The summed E-state index contributed by atoms with van der Waals surface area (Å²) in [7, 11) is 0. The molecule has 168 valence electrons. The van der Waals surface area contributed by atoms with Crippen LogP contribution in [0.15, 0.2) is 72.4 Å². The zero-order chi connectivity index (χ0) is 23.5. The van der Waals surface area contributed by atoms with Gasteiger partial charge in [-0.2, -0.15) is 0 Å². The van der Waals surface area contributed by atoms with Crippen LogP contribution in [0.3, 0.4) is 0 Å². The summed E-state index contributed by atoms with van der Waals surface area (Å²) in [6.07, 6.45) is 0.822. The second-order valence-corrected chi connectivity index (χ2v) is 8.38. The summed E-state index contributed by atoms with van der Waals surface area (Å²) < 4.78 is 5.85. The Labute approximate surface area is 194 Å². The standard InChI is InChI=1S/C28H28N2O3/c1-5-14-33-24-9-7-6-8-23(24)30-27(31)25(21-12-10-18(2)11-13-21)26(28(30)32)29-22-16-19(3)15-20(4)17-22/h6-13,15-17,29H,5,14H2,1-4H3. The smallest absolute Gasteiger partial charge is 0.282 e. The molecule has 2 amide bonds. The van der Waals surface area contributed by atoms with Gasteiger partial charge < -0.3 is 10.1 Å². The predicted molar refractivity (Wildman–Crippen MR) is 132 cm³/mol. The van der Waals surface area contributed by atoms with Gasteiger partial charge in [0.15, 0.2) is 0 Å². The van der Waals surface area contributed by atoms with E-state index in [0.29, 0.717) is 29.2 Å². The monoisotopic (exact) mass is 440 g/mol. The molecular weight excluding hydrogens is 412 g/mol. The lowest BCUT2D eigenvalue weighted by Gasteiger charge is -2.19. The van der Waals surface area contributed by atoms with Gasteiger partial charge in [-0.1, -0.05) is 55.0 Å². The van der Waals surface area contributed by atoms with Crippen LogP contribution in [0, 0.1) is 20.8 Å². The minimum Gasteiger partial charge on any atom is -0.491 e. The number of hydrogen-bond acceptors (Lipinski definition) is 4. The van der Waals surface area contributed by atoms with Crippen LogP contribution in [0.5, 0.6) is 5.75 Å². The topological polar surface area (TPSA) is 58.6 Å². The Bertz CT molecular complexity index is 1220. The highest BCUT2D eigenvalue weighted by molar-refractivity contribution is 6.46. The number of aryl methyl sites for hydroxylation is 3. The summed E-state index contributed by atoms with van der Waals surface area (Å²) in [4.78, 5) is 28.6. The molecule has 1 N–H and O–H groups in total. The third kappa shape index (κ3) is 4.53. The summed E-state index contributed by atoms with van der Waals surface area (Å²) in [5, 5.41) is 3.26. The molecule has 0 atom stereocenters. The molecule has 33 heavy (non-hydrogen) atoms. The van der Waals surface area contributed by atoms with E-state index in [0.717, 1.165) is 28.8 Å². The molecule has 3 aromatic carbocycles. The fraction of sp³-hybridized carbons (Fsp3) is 0.214. The largest absolute Gasteiger partial charge is 0.491 e. The second kappa shape index (κ2) is 9.33. The van der Waals surface area contributed by atoms with Crippen molar-refractivity contribution in [3.05, 3.63) is 94.7 Å². The first-order valence-corrected chi connectivity index (χ1v) is 11.2.